The zero-order valence-corrected chi connectivity index (χ0v) is 13.7. The lowest BCUT2D eigenvalue weighted by atomic mass is 10.0. The molecule has 1 aromatic heterocycles. The molecule has 0 radical (unpaired) electrons. The van der Waals surface area contributed by atoms with Crippen LogP contribution in [0.1, 0.15) is 56.7 Å². The molecule has 0 spiro atoms. The van der Waals surface area contributed by atoms with E-state index in [0.29, 0.717) is 5.92 Å². The maximum Gasteiger partial charge on any atom is 0.123 e. The Kier molecular flexibility index (Phi) is 4.31. The van der Waals surface area contributed by atoms with Gasteiger partial charge >= 0.3 is 0 Å². The molecule has 0 aliphatic heterocycles. The third kappa shape index (κ3) is 3.10. The Morgan fingerprint density at radius 3 is 2.20 bits per heavy atom. The van der Waals surface area contributed by atoms with E-state index in [1.54, 1.807) is 11.3 Å². The summed E-state index contributed by atoms with van der Waals surface area (Å²) in [7, 11) is 0. The van der Waals surface area contributed by atoms with Gasteiger partial charge in [-0.25, -0.2) is 4.98 Å². The molecule has 0 aliphatic carbocycles. The van der Waals surface area contributed by atoms with E-state index >= 15 is 0 Å². The Labute approximate surface area is 125 Å². The molecule has 0 amide bonds. The van der Waals surface area contributed by atoms with E-state index < -0.39 is 5.60 Å². The van der Waals surface area contributed by atoms with Gasteiger partial charge in [0.2, 0.25) is 0 Å². The Hall–Kier alpha value is -1.19. The van der Waals surface area contributed by atoms with Crippen LogP contribution in [-0.2, 0) is 12.0 Å². The minimum absolute atomic E-state index is 0.316. The Bertz CT molecular complexity index is 576. The van der Waals surface area contributed by atoms with E-state index in [1.165, 1.54) is 5.56 Å². The van der Waals surface area contributed by atoms with Gasteiger partial charge in [0.25, 0.3) is 0 Å². The van der Waals surface area contributed by atoms with Crippen LogP contribution in [0.2, 0.25) is 0 Å². The Morgan fingerprint density at radius 2 is 1.80 bits per heavy atom. The molecule has 0 fully saturated rings. The zero-order chi connectivity index (χ0) is 14.9. The maximum absolute atomic E-state index is 10.3. The van der Waals surface area contributed by atoms with Crippen molar-refractivity contribution >= 4 is 11.3 Å². The van der Waals surface area contributed by atoms with Crippen LogP contribution in [0.25, 0.3) is 10.6 Å². The fraction of sp³-hybridized carbons (Fsp3) is 0.471. The van der Waals surface area contributed by atoms with Crippen LogP contribution >= 0.6 is 11.3 Å². The molecule has 1 heterocycles. The van der Waals surface area contributed by atoms with Crippen molar-refractivity contribution in [3.63, 3.8) is 0 Å². The van der Waals surface area contributed by atoms with Crippen molar-refractivity contribution in [2.75, 3.05) is 0 Å². The molecular weight excluding hydrogens is 266 g/mol. The standard InChI is InChI=1S/C17H23NOS/c1-6-12-7-9-13(10-8-12)16-18-14(11(2)3)15(20-16)17(4,5)19/h7-11,19H,6H2,1-5H3. The second kappa shape index (κ2) is 5.66. The summed E-state index contributed by atoms with van der Waals surface area (Å²) < 4.78 is 0. The van der Waals surface area contributed by atoms with E-state index in [0.717, 1.165) is 27.6 Å². The number of aliphatic hydroxyl groups is 1. The van der Waals surface area contributed by atoms with E-state index in [9.17, 15) is 5.11 Å². The maximum atomic E-state index is 10.3. The minimum atomic E-state index is -0.834. The molecule has 0 aliphatic rings. The van der Waals surface area contributed by atoms with Crippen LogP contribution in [0, 0.1) is 0 Å². The summed E-state index contributed by atoms with van der Waals surface area (Å²) in [5, 5.41) is 11.3. The number of aryl methyl sites for hydroxylation is 1. The normalized spacial score (nSPS) is 12.2. The quantitative estimate of drug-likeness (QED) is 0.883. The van der Waals surface area contributed by atoms with Crippen molar-refractivity contribution in [2.24, 2.45) is 0 Å². The highest BCUT2D eigenvalue weighted by molar-refractivity contribution is 7.15. The molecule has 0 atom stereocenters. The Balaban J connectivity index is 2.47. The summed E-state index contributed by atoms with van der Waals surface area (Å²) in [4.78, 5) is 5.73. The number of hydrogen-bond acceptors (Lipinski definition) is 3. The number of nitrogens with zero attached hydrogens (tertiary/aromatic N) is 1. The highest BCUT2D eigenvalue weighted by Gasteiger charge is 2.26. The molecule has 2 aromatic rings. The van der Waals surface area contributed by atoms with Gasteiger partial charge in [0.15, 0.2) is 0 Å². The number of thiazole rings is 1. The number of rotatable bonds is 4. The summed E-state index contributed by atoms with van der Waals surface area (Å²) in [6, 6.07) is 8.54. The van der Waals surface area contributed by atoms with Crippen LogP contribution in [0.4, 0.5) is 0 Å². The van der Waals surface area contributed by atoms with Crippen LogP contribution in [0.5, 0.6) is 0 Å². The van der Waals surface area contributed by atoms with Gasteiger partial charge in [-0.15, -0.1) is 11.3 Å². The number of aromatic nitrogens is 1. The number of hydrogen-bond donors (Lipinski definition) is 1. The lowest BCUT2D eigenvalue weighted by Gasteiger charge is -2.17. The van der Waals surface area contributed by atoms with Crippen LogP contribution in [-0.4, -0.2) is 10.1 Å². The smallest absolute Gasteiger partial charge is 0.123 e. The van der Waals surface area contributed by atoms with Crippen molar-refractivity contribution < 1.29 is 5.11 Å². The molecule has 0 bridgehead atoms. The molecule has 0 unspecified atom stereocenters. The molecule has 2 nitrogen and oxygen atoms in total. The highest BCUT2D eigenvalue weighted by Crippen LogP contribution is 2.37. The average molecular weight is 289 g/mol. The van der Waals surface area contributed by atoms with Gasteiger partial charge in [-0.3, -0.25) is 0 Å². The largest absolute Gasteiger partial charge is 0.385 e. The summed E-state index contributed by atoms with van der Waals surface area (Å²) in [6.07, 6.45) is 1.05. The molecule has 2 rings (SSSR count). The van der Waals surface area contributed by atoms with E-state index in [-0.39, 0.29) is 0 Å². The van der Waals surface area contributed by atoms with Gasteiger partial charge in [-0.1, -0.05) is 45.0 Å². The van der Waals surface area contributed by atoms with Crippen molar-refractivity contribution in [3.05, 3.63) is 40.4 Å². The number of benzene rings is 1. The fourth-order valence-electron chi connectivity index (χ4n) is 2.17. The van der Waals surface area contributed by atoms with Crippen molar-refractivity contribution in [2.45, 2.75) is 52.6 Å². The van der Waals surface area contributed by atoms with Crippen LogP contribution in [0.3, 0.4) is 0 Å². The van der Waals surface area contributed by atoms with Gasteiger partial charge < -0.3 is 5.11 Å². The van der Waals surface area contributed by atoms with Crippen molar-refractivity contribution in [3.8, 4) is 10.6 Å². The SMILES string of the molecule is CCc1ccc(-c2nc(C(C)C)c(C(C)(C)O)s2)cc1. The highest BCUT2D eigenvalue weighted by atomic mass is 32.1. The monoisotopic (exact) mass is 289 g/mol. The van der Waals surface area contributed by atoms with Crippen molar-refractivity contribution in [1.82, 2.24) is 4.98 Å². The van der Waals surface area contributed by atoms with Gasteiger partial charge in [-0.2, -0.15) is 0 Å². The molecule has 0 saturated carbocycles. The van der Waals surface area contributed by atoms with Crippen molar-refractivity contribution in [1.29, 1.82) is 0 Å². The first kappa shape index (κ1) is 15.2. The van der Waals surface area contributed by atoms with Gasteiger partial charge in [0.1, 0.15) is 5.01 Å². The third-order valence-electron chi connectivity index (χ3n) is 3.37. The third-order valence-corrected chi connectivity index (χ3v) is 4.80. The Morgan fingerprint density at radius 1 is 1.20 bits per heavy atom. The first-order valence-corrected chi connectivity index (χ1v) is 7.97. The molecule has 1 N–H and O–H groups in total. The summed E-state index contributed by atoms with van der Waals surface area (Å²) in [5.41, 5.74) is 2.64. The summed E-state index contributed by atoms with van der Waals surface area (Å²) in [6.45, 7) is 10.1. The van der Waals surface area contributed by atoms with E-state index in [1.807, 2.05) is 13.8 Å². The topological polar surface area (TPSA) is 33.1 Å². The molecule has 20 heavy (non-hydrogen) atoms. The molecule has 3 heteroatoms. The lowest BCUT2D eigenvalue weighted by molar-refractivity contribution is 0.0811. The first-order valence-electron chi connectivity index (χ1n) is 7.15. The predicted octanol–water partition coefficient (Wildman–Crippen LogP) is 4.72. The fourth-order valence-corrected chi connectivity index (χ4v) is 3.39. The second-order valence-electron chi connectivity index (χ2n) is 6.00. The molecule has 1 aromatic carbocycles. The molecular formula is C17H23NOS. The van der Waals surface area contributed by atoms with Gasteiger partial charge in [0, 0.05) is 5.56 Å². The minimum Gasteiger partial charge on any atom is -0.385 e. The molecule has 108 valence electrons. The first-order chi connectivity index (χ1) is 9.32. The molecule has 0 saturated heterocycles. The van der Waals surface area contributed by atoms with Gasteiger partial charge in [-0.05, 0) is 31.7 Å². The lowest BCUT2D eigenvalue weighted by Crippen LogP contribution is -2.16. The average Bonchev–Trinajstić information content (AvgIpc) is 2.84. The van der Waals surface area contributed by atoms with Gasteiger partial charge in [0.05, 0.1) is 16.2 Å². The second-order valence-corrected chi connectivity index (χ2v) is 7.00. The summed E-state index contributed by atoms with van der Waals surface area (Å²) in [5.74, 6) is 0.316. The van der Waals surface area contributed by atoms with E-state index in [4.69, 9.17) is 4.98 Å². The predicted molar refractivity (Wildman–Crippen MR) is 86.3 cm³/mol. The van der Waals surface area contributed by atoms with Crippen LogP contribution in [0.15, 0.2) is 24.3 Å². The zero-order valence-electron chi connectivity index (χ0n) is 12.9. The van der Waals surface area contributed by atoms with Crippen LogP contribution < -0.4 is 0 Å². The summed E-state index contributed by atoms with van der Waals surface area (Å²) >= 11 is 1.60. The van der Waals surface area contributed by atoms with E-state index in [2.05, 4.69) is 45.0 Å².